The van der Waals surface area contributed by atoms with Gasteiger partial charge in [-0.05, 0) is 30.5 Å². The van der Waals surface area contributed by atoms with Gasteiger partial charge in [-0.2, -0.15) is 5.10 Å². The molecule has 0 radical (unpaired) electrons. The molecule has 2 amide bonds. The molecule has 21 heavy (non-hydrogen) atoms. The SMILES string of the molecule is Cc1nn(CCNC(=O)Nc2ccccn2)cc1C(C)C. The molecule has 112 valence electrons. The van der Waals surface area contributed by atoms with E-state index in [0.29, 0.717) is 24.8 Å². The minimum absolute atomic E-state index is 0.262. The summed E-state index contributed by atoms with van der Waals surface area (Å²) in [5, 5.41) is 9.90. The Balaban J connectivity index is 1.79. The molecule has 0 bridgehead atoms. The summed E-state index contributed by atoms with van der Waals surface area (Å²) in [4.78, 5) is 15.7. The molecule has 0 saturated heterocycles. The minimum Gasteiger partial charge on any atom is -0.336 e. The van der Waals surface area contributed by atoms with E-state index < -0.39 is 0 Å². The Bertz CT molecular complexity index is 591. The van der Waals surface area contributed by atoms with Gasteiger partial charge < -0.3 is 5.32 Å². The van der Waals surface area contributed by atoms with Crippen molar-refractivity contribution in [1.29, 1.82) is 0 Å². The first-order chi connectivity index (χ1) is 10.1. The van der Waals surface area contributed by atoms with Gasteiger partial charge in [0.05, 0.1) is 12.2 Å². The number of urea groups is 1. The van der Waals surface area contributed by atoms with Gasteiger partial charge in [-0.25, -0.2) is 9.78 Å². The number of aryl methyl sites for hydroxylation is 1. The lowest BCUT2D eigenvalue weighted by atomic mass is 10.1. The molecule has 0 atom stereocenters. The largest absolute Gasteiger partial charge is 0.336 e. The van der Waals surface area contributed by atoms with Crippen LogP contribution in [0.5, 0.6) is 0 Å². The molecule has 2 rings (SSSR count). The number of hydrogen-bond acceptors (Lipinski definition) is 3. The summed E-state index contributed by atoms with van der Waals surface area (Å²) >= 11 is 0. The third kappa shape index (κ3) is 4.30. The Kier molecular flexibility index (Phi) is 4.92. The summed E-state index contributed by atoms with van der Waals surface area (Å²) in [7, 11) is 0. The van der Waals surface area contributed by atoms with E-state index in [1.54, 1.807) is 18.3 Å². The number of carbonyl (C=O) groups is 1. The Morgan fingerprint density at radius 1 is 1.38 bits per heavy atom. The van der Waals surface area contributed by atoms with Crippen LogP contribution in [0.1, 0.15) is 31.0 Å². The van der Waals surface area contributed by atoms with E-state index in [9.17, 15) is 4.79 Å². The first-order valence-electron chi connectivity index (χ1n) is 7.06. The summed E-state index contributed by atoms with van der Waals surface area (Å²) in [5.74, 6) is 0.992. The van der Waals surface area contributed by atoms with Crippen LogP contribution in [-0.2, 0) is 6.54 Å². The van der Waals surface area contributed by atoms with Crippen LogP contribution in [0, 0.1) is 6.92 Å². The van der Waals surface area contributed by atoms with E-state index in [1.165, 1.54) is 5.56 Å². The summed E-state index contributed by atoms with van der Waals surface area (Å²) in [6.07, 6.45) is 3.67. The Morgan fingerprint density at radius 3 is 2.81 bits per heavy atom. The van der Waals surface area contributed by atoms with Crippen molar-refractivity contribution in [2.75, 3.05) is 11.9 Å². The number of nitrogens with zero attached hydrogens (tertiary/aromatic N) is 3. The minimum atomic E-state index is -0.262. The Labute approximate surface area is 124 Å². The van der Waals surface area contributed by atoms with E-state index in [2.05, 4.69) is 34.6 Å². The fraction of sp³-hybridized carbons (Fsp3) is 0.400. The second-order valence-electron chi connectivity index (χ2n) is 5.18. The van der Waals surface area contributed by atoms with E-state index in [-0.39, 0.29) is 6.03 Å². The number of hydrogen-bond donors (Lipinski definition) is 2. The van der Waals surface area contributed by atoms with Crippen LogP contribution < -0.4 is 10.6 Å². The summed E-state index contributed by atoms with van der Waals surface area (Å²) in [6, 6.07) is 5.10. The maximum absolute atomic E-state index is 11.7. The highest BCUT2D eigenvalue weighted by Gasteiger charge is 2.08. The fourth-order valence-corrected chi connectivity index (χ4v) is 2.10. The summed E-state index contributed by atoms with van der Waals surface area (Å²) < 4.78 is 1.87. The first-order valence-corrected chi connectivity index (χ1v) is 7.06. The molecule has 0 spiro atoms. The molecule has 0 aliphatic rings. The number of anilines is 1. The van der Waals surface area contributed by atoms with Crippen molar-refractivity contribution in [2.45, 2.75) is 33.2 Å². The second-order valence-corrected chi connectivity index (χ2v) is 5.18. The lowest BCUT2D eigenvalue weighted by Crippen LogP contribution is -2.31. The number of amides is 2. The lowest BCUT2D eigenvalue weighted by molar-refractivity contribution is 0.251. The van der Waals surface area contributed by atoms with Crippen molar-refractivity contribution in [3.05, 3.63) is 41.9 Å². The maximum atomic E-state index is 11.7. The van der Waals surface area contributed by atoms with Gasteiger partial charge in [0.1, 0.15) is 5.82 Å². The van der Waals surface area contributed by atoms with Gasteiger partial charge in [0.15, 0.2) is 0 Å². The molecule has 0 aliphatic heterocycles. The average Bonchev–Trinajstić information content (AvgIpc) is 2.81. The molecule has 6 nitrogen and oxygen atoms in total. The predicted molar refractivity (Wildman–Crippen MR) is 82.3 cm³/mol. The predicted octanol–water partition coefficient (Wildman–Crippen LogP) is 2.53. The molecule has 2 heterocycles. The van der Waals surface area contributed by atoms with Crippen molar-refractivity contribution >= 4 is 11.8 Å². The Hall–Kier alpha value is -2.37. The zero-order valence-electron chi connectivity index (χ0n) is 12.6. The number of rotatable bonds is 5. The van der Waals surface area contributed by atoms with E-state index in [1.807, 2.05) is 23.9 Å². The molecule has 0 aliphatic carbocycles. The van der Waals surface area contributed by atoms with Gasteiger partial charge in [0.2, 0.25) is 0 Å². The molecular weight excluding hydrogens is 266 g/mol. The monoisotopic (exact) mass is 287 g/mol. The zero-order chi connectivity index (χ0) is 15.2. The number of pyridine rings is 1. The first kappa shape index (κ1) is 15.0. The third-order valence-corrected chi connectivity index (χ3v) is 3.14. The van der Waals surface area contributed by atoms with Crippen LogP contribution in [0.4, 0.5) is 10.6 Å². The fourth-order valence-electron chi connectivity index (χ4n) is 2.10. The quantitative estimate of drug-likeness (QED) is 0.887. The van der Waals surface area contributed by atoms with Gasteiger partial charge in [-0.15, -0.1) is 0 Å². The van der Waals surface area contributed by atoms with Crippen molar-refractivity contribution in [1.82, 2.24) is 20.1 Å². The van der Waals surface area contributed by atoms with E-state index in [0.717, 1.165) is 5.69 Å². The highest BCUT2D eigenvalue weighted by atomic mass is 16.2. The smallest absolute Gasteiger partial charge is 0.320 e. The van der Waals surface area contributed by atoms with Crippen LogP contribution in [0.2, 0.25) is 0 Å². The molecule has 0 saturated carbocycles. The highest BCUT2D eigenvalue weighted by molar-refractivity contribution is 5.88. The number of aromatic nitrogens is 3. The van der Waals surface area contributed by atoms with Gasteiger partial charge in [-0.1, -0.05) is 19.9 Å². The van der Waals surface area contributed by atoms with Crippen LogP contribution in [0.25, 0.3) is 0 Å². The molecule has 2 aromatic heterocycles. The number of nitrogens with one attached hydrogen (secondary N) is 2. The lowest BCUT2D eigenvalue weighted by Gasteiger charge is -2.07. The molecule has 0 fully saturated rings. The normalized spacial score (nSPS) is 10.7. The maximum Gasteiger partial charge on any atom is 0.320 e. The van der Waals surface area contributed by atoms with Crippen molar-refractivity contribution in [3.63, 3.8) is 0 Å². The molecular formula is C15H21N5O. The van der Waals surface area contributed by atoms with Gasteiger partial charge in [-0.3, -0.25) is 10.00 Å². The molecule has 6 heteroatoms. The molecule has 0 aromatic carbocycles. The number of carbonyl (C=O) groups excluding carboxylic acids is 1. The van der Waals surface area contributed by atoms with Crippen molar-refractivity contribution in [2.24, 2.45) is 0 Å². The van der Waals surface area contributed by atoms with Crippen LogP contribution >= 0.6 is 0 Å². The zero-order valence-corrected chi connectivity index (χ0v) is 12.6. The van der Waals surface area contributed by atoms with Crippen molar-refractivity contribution in [3.8, 4) is 0 Å². The van der Waals surface area contributed by atoms with Gasteiger partial charge in [0, 0.05) is 18.9 Å². The highest BCUT2D eigenvalue weighted by Crippen LogP contribution is 2.16. The standard InChI is InChI=1S/C15H21N5O/c1-11(2)13-10-20(19-12(13)3)9-8-17-15(21)18-14-6-4-5-7-16-14/h4-7,10-11H,8-9H2,1-3H3,(H2,16,17,18,21). The van der Waals surface area contributed by atoms with Gasteiger partial charge >= 0.3 is 6.03 Å². The average molecular weight is 287 g/mol. The summed E-state index contributed by atoms with van der Waals surface area (Å²) in [5.41, 5.74) is 2.29. The van der Waals surface area contributed by atoms with E-state index >= 15 is 0 Å². The van der Waals surface area contributed by atoms with E-state index in [4.69, 9.17) is 0 Å². The molecule has 2 aromatic rings. The van der Waals surface area contributed by atoms with Crippen LogP contribution in [0.3, 0.4) is 0 Å². The van der Waals surface area contributed by atoms with Crippen LogP contribution in [-0.4, -0.2) is 27.3 Å². The third-order valence-electron chi connectivity index (χ3n) is 3.14. The second kappa shape index (κ2) is 6.88. The molecule has 0 unspecified atom stereocenters. The Morgan fingerprint density at radius 2 is 2.19 bits per heavy atom. The topological polar surface area (TPSA) is 71.8 Å². The molecule has 2 N–H and O–H groups in total. The van der Waals surface area contributed by atoms with Gasteiger partial charge in [0.25, 0.3) is 0 Å². The van der Waals surface area contributed by atoms with Crippen LogP contribution in [0.15, 0.2) is 30.6 Å². The summed E-state index contributed by atoms with van der Waals surface area (Å²) in [6.45, 7) is 7.45. The van der Waals surface area contributed by atoms with Crippen molar-refractivity contribution < 1.29 is 4.79 Å².